The minimum absolute atomic E-state index is 0.720. The van der Waals surface area contributed by atoms with Crippen molar-refractivity contribution in [3.8, 4) is 5.69 Å². The van der Waals surface area contributed by atoms with Crippen LogP contribution in [-0.4, -0.2) is 23.6 Å². The lowest BCUT2D eigenvalue weighted by atomic mass is 10.2. The van der Waals surface area contributed by atoms with Crippen molar-refractivity contribution in [3.63, 3.8) is 0 Å². The topological polar surface area (TPSA) is 24.0 Å². The largest absolute Gasteiger partial charge is 0.378 e. The van der Waals surface area contributed by atoms with E-state index in [0.717, 1.165) is 27.2 Å². The fourth-order valence-corrected chi connectivity index (χ4v) is 2.54. The number of nitrogens with zero attached hydrogens (tertiary/aromatic N) is 2. The van der Waals surface area contributed by atoms with Gasteiger partial charge in [-0.2, -0.15) is 0 Å². The van der Waals surface area contributed by atoms with Gasteiger partial charge in [0, 0.05) is 19.8 Å². The number of para-hydroxylation sites is 2. The molecule has 0 amide bonds. The van der Waals surface area contributed by atoms with Crippen molar-refractivity contribution in [2.45, 2.75) is 0 Å². The highest BCUT2D eigenvalue weighted by molar-refractivity contribution is 7.71. The Morgan fingerprint density at radius 1 is 1.05 bits per heavy atom. The summed E-state index contributed by atoms with van der Waals surface area (Å²) >= 11 is 5.44. The number of rotatable bonds is 2. The molecule has 0 bridgehead atoms. The predicted octanol–water partition coefficient (Wildman–Crippen LogP) is 3.75. The second kappa shape index (κ2) is 4.55. The van der Waals surface area contributed by atoms with Gasteiger partial charge in [-0.25, -0.2) is 0 Å². The van der Waals surface area contributed by atoms with E-state index in [1.807, 2.05) is 38.4 Å². The first-order valence-corrected chi connectivity index (χ1v) is 6.55. The van der Waals surface area contributed by atoms with E-state index in [0.29, 0.717) is 0 Å². The maximum atomic E-state index is 5.44. The number of imidazole rings is 1. The highest BCUT2D eigenvalue weighted by atomic mass is 32.1. The molecule has 0 spiro atoms. The summed E-state index contributed by atoms with van der Waals surface area (Å²) in [6, 6.07) is 16.5. The SMILES string of the molecule is CN(C)c1cccc(-n2c(=S)[nH]c3ccccc32)c1. The van der Waals surface area contributed by atoms with Gasteiger partial charge in [-0.05, 0) is 42.5 Å². The van der Waals surface area contributed by atoms with Crippen molar-refractivity contribution in [3.05, 3.63) is 53.3 Å². The summed E-state index contributed by atoms with van der Waals surface area (Å²) in [5, 5.41) is 0. The van der Waals surface area contributed by atoms with Crippen LogP contribution in [0.5, 0.6) is 0 Å². The van der Waals surface area contributed by atoms with Gasteiger partial charge in [0.05, 0.1) is 16.7 Å². The normalized spacial score (nSPS) is 10.8. The molecule has 3 nitrogen and oxygen atoms in total. The molecule has 0 unspecified atom stereocenters. The minimum Gasteiger partial charge on any atom is -0.378 e. The molecule has 1 N–H and O–H groups in total. The van der Waals surface area contributed by atoms with Crippen molar-refractivity contribution in [1.29, 1.82) is 0 Å². The van der Waals surface area contributed by atoms with Gasteiger partial charge in [-0.1, -0.05) is 18.2 Å². The molecule has 1 heterocycles. The summed E-state index contributed by atoms with van der Waals surface area (Å²) in [5.41, 5.74) is 4.39. The lowest BCUT2D eigenvalue weighted by Gasteiger charge is -2.14. The zero-order chi connectivity index (χ0) is 13.4. The second-order valence-electron chi connectivity index (χ2n) is 4.70. The van der Waals surface area contributed by atoms with Gasteiger partial charge in [0.15, 0.2) is 4.77 Å². The van der Waals surface area contributed by atoms with Crippen LogP contribution in [0, 0.1) is 4.77 Å². The Labute approximate surface area is 117 Å². The maximum Gasteiger partial charge on any atom is 0.182 e. The van der Waals surface area contributed by atoms with Crippen LogP contribution in [-0.2, 0) is 0 Å². The van der Waals surface area contributed by atoms with E-state index < -0.39 is 0 Å². The van der Waals surface area contributed by atoms with Gasteiger partial charge in [-0.15, -0.1) is 0 Å². The molecule has 0 saturated carbocycles. The van der Waals surface area contributed by atoms with Crippen LogP contribution in [0.25, 0.3) is 16.7 Å². The predicted molar refractivity (Wildman–Crippen MR) is 82.8 cm³/mol. The van der Waals surface area contributed by atoms with Crippen LogP contribution in [0.4, 0.5) is 5.69 Å². The first-order chi connectivity index (χ1) is 9.16. The van der Waals surface area contributed by atoms with Gasteiger partial charge in [0.2, 0.25) is 0 Å². The molecule has 96 valence electrons. The molecular formula is C15H15N3S. The Morgan fingerprint density at radius 2 is 1.84 bits per heavy atom. The van der Waals surface area contributed by atoms with Gasteiger partial charge in [0.1, 0.15) is 0 Å². The minimum atomic E-state index is 0.720. The molecule has 3 rings (SSSR count). The third-order valence-corrected chi connectivity index (χ3v) is 3.48. The quantitative estimate of drug-likeness (QED) is 0.716. The number of fused-ring (bicyclic) bond motifs is 1. The number of nitrogens with one attached hydrogen (secondary N) is 1. The highest BCUT2D eigenvalue weighted by Gasteiger charge is 2.06. The van der Waals surface area contributed by atoms with Gasteiger partial charge < -0.3 is 9.88 Å². The van der Waals surface area contributed by atoms with E-state index >= 15 is 0 Å². The van der Waals surface area contributed by atoms with E-state index in [-0.39, 0.29) is 0 Å². The number of anilines is 1. The molecule has 0 aliphatic heterocycles. The highest BCUT2D eigenvalue weighted by Crippen LogP contribution is 2.22. The van der Waals surface area contributed by atoms with Crippen LogP contribution in [0.1, 0.15) is 0 Å². The van der Waals surface area contributed by atoms with Crippen LogP contribution < -0.4 is 4.90 Å². The van der Waals surface area contributed by atoms with E-state index in [1.54, 1.807) is 0 Å². The summed E-state index contributed by atoms with van der Waals surface area (Å²) in [7, 11) is 4.07. The Hall–Kier alpha value is -2.07. The number of aromatic nitrogens is 2. The fourth-order valence-electron chi connectivity index (χ4n) is 2.22. The maximum absolute atomic E-state index is 5.44. The first-order valence-electron chi connectivity index (χ1n) is 6.14. The van der Waals surface area contributed by atoms with Gasteiger partial charge >= 0.3 is 0 Å². The van der Waals surface area contributed by atoms with Gasteiger partial charge in [-0.3, -0.25) is 4.57 Å². The van der Waals surface area contributed by atoms with E-state index in [9.17, 15) is 0 Å². The number of aromatic amines is 1. The number of hydrogen-bond donors (Lipinski definition) is 1. The standard InChI is InChI=1S/C15H15N3S/c1-17(2)11-6-5-7-12(10-11)18-14-9-4-3-8-13(14)16-15(18)19/h3-10H,1-2H3,(H,16,19). The van der Waals surface area contributed by atoms with Gasteiger partial charge in [0.25, 0.3) is 0 Å². The van der Waals surface area contributed by atoms with E-state index in [4.69, 9.17) is 12.2 Å². The van der Waals surface area contributed by atoms with Crippen molar-refractivity contribution in [2.75, 3.05) is 19.0 Å². The van der Waals surface area contributed by atoms with Crippen molar-refractivity contribution >= 4 is 28.9 Å². The third-order valence-electron chi connectivity index (χ3n) is 3.19. The average Bonchev–Trinajstić information content (AvgIpc) is 2.74. The summed E-state index contributed by atoms with van der Waals surface area (Å²) in [4.78, 5) is 5.32. The summed E-state index contributed by atoms with van der Waals surface area (Å²) in [6.07, 6.45) is 0. The lowest BCUT2D eigenvalue weighted by Crippen LogP contribution is -2.09. The molecule has 4 heteroatoms. The Morgan fingerprint density at radius 3 is 2.63 bits per heavy atom. The molecule has 0 atom stereocenters. The zero-order valence-electron chi connectivity index (χ0n) is 10.9. The monoisotopic (exact) mass is 269 g/mol. The van der Waals surface area contributed by atoms with E-state index in [1.165, 1.54) is 0 Å². The molecule has 0 saturated heterocycles. The Bertz CT molecular complexity index is 783. The molecule has 3 aromatic rings. The van der Waals surface area contributed by atoms with E-state index in [2.05, 4.69) is 38.7 Å². The molecule has 0 fully saturated rings. The van der Waals surface area contributed by atoms with Crippen molar-refractivity contribution < 1.29 is 0 Å². The molecule has 0 aliphatic rings. The summed E-state index contributed by atoms with van der Waals surface area (Å²) < 4.78 is 2.79. The molecule has 0 radical (unpaired) electrons. The molecule has 0 aliphatic carbocycles. The zero-order valence-corrected chi connectivity index (χ0v) is 11.7. The number of benzene rings is 2. The van der Waals surface area contributed by atoms with Crippen LogP contribution in [0.2, 0.25) is 0 Å². The summed E-state index contributed by atoms with van der Waals surface area (Å²) in [6.45, 7) is 0. The van der Waals surface area contributed by atoms with Crippen molar-refractivity contribution in [2.24, 2.45) is 0 Å². The Kier molecular flexibility index (Phi) is 2.87. The molecule has 19 heavy (non-hydrogen) atoms. The average molecular weight is 269 g/mol. The smallest absolute Gasteiger partial charge is 0.182 e. The molecule has 1 aromatic heterocycles. The number of H-pyrrole nitrogens is 1. The molecule has 2 aromatic carbocycles. The third kappa shape index (κ3) is 2.04. The summed E-state index contributed by atoms with van der Waals surface area (Å²) in [5.74, 6) is 0. The fraction of sp³-hybridized carbons (Fsp3) is 0.133. The van der Waals surface area contributed by atoms with Crippen LogP contribution >= 0.6 is 12.2 Å². The van der Waals surface area contributed by atoms with Crippen LogP contribution in [0.15, 0.2) is 48.5 Å². The van der Waals surface area contributed by atoms with Crippen molar-refractivity contribution in [1.82, 2.24) is 9.55 Å². The number of hydrogen-bond acceptors (Lipinski definition) is 2. The lowest BCUT2D eigenvalue weighted by molar-refractivity contribution is 1.05. The van der Waals surface area contributed by atoms with Crippen LogP contribution in [0.3, 0.4) is 0 Å². The molecular weight excluding hydrogens is 254 g/mol. The second-order valence-corrected chi connectivity index (χ2v) is 5.08. The Balaban J connectivity index is 2.27. The first kappa shape index (κ1) is 12.0.